The van der Waals surface area contributed by atoms with Gasteiger partial charge in [0, 0.05) is 27.6 Å². The van der Waals surface area contributed by atoms with Crippen LogP contribution in [0, 0.1) is 0 Å². The highest BCUT2D eigenvalue weighted by Gasteiger charge is 2.22. The van der Waals surface area contributed by atoms with Gasteiger partial charge in [-0.1, -0.05) is 176 Å². The lowest BCUT2D eigenvalue weighted by molar-refractivity contribution is 0.669. The summed E-state index contributed by atoms with van der Waals surface area (Å²) in [5, 5.41) is 4.72. The van der Waals surface area contributed by atoms with Crippen LogP contribution in [0.2, 0.25) is 0 Å². The fraction of sp³-hybridized carbons (Fsp3) is 0. The fourth-order valence-corrected chi connectivity index (χ4v) is 7.96. The summed E-state index contributed by atoms with van der Waals surface area (Å²) in [5.41, 5.74) is 14.4. The van der Waals surface area contributed by atoms with Crippen molar-refractivity contribution in [2.75, 3.05) is 4.90 Å². The third-order valence-electron chi connectivity index (χ3n) is 10.5. The van der Waals surface area contributed by atoms with Gasteiger partial charge in [-0.15, -0.1) is 0 Å². The largest absolute Gasteiger partial charge is 0.456 e. The van der Waals surface area contributed by atoms with E-state index >= 15 is 0 Å². The Morgan fingerprint density at radius 3 is 1.61 bits per heavy atom. The van der Waals surface area contributed by atoms with Crippen LogP contribution in [-0.4, -0.2) is 0 Å². The molecule has 2 heteroatoms. The first-order valence-electron chi connectivity index (χ1n) is 18.4. The number of anilines is 3. The van der Waals surface area contributed by atoms with E-state index in [9.17, 15) is 0 Å². The first kappa shape index (κ1) is 31.6. The molecule has 0 radical (unpaired) electrons. The van der Waals surface area contributed by atoms with E-state index in [0.717, 1.165) is 61.3 Å². The van der Waals surface area contributed by atoms with Crippen molar-refractivity contribution < 1.29 is 4.42 Å². The van der Waals surface area contributed by atoms with Crippen molar-refractivity contribution in [2.24, 2.45) is 0 Å². The molecule has 0 fully saturated rings. The third-order valence-corrected chi connectivity index (χ3v) is 10.5. The molecular weight excluding hydrogens is 655 g/mol. The molecule has 2 nitrogen and oxygen atoms in total. The quantitative estimate of drug-likeness (QED) is 0.166. The Labute approximate surface area is 314 Å². The molecule has 0 saturated carbocycles. The van der Waals surface area contributed by atoms with Crippen molar-refractivity contribution >= 4 is 49.8 Å². The van der Waals surface area contributed by atoms with Gasteiger partial charge < -0.3 is 9.32 Å². The summed E-state index contributed by atoms with van der Waals surface area (Å²) in [4.78, 5) is 2.42. The smallest absolute Gasteiger partial charge is 0.136 e. The third kappa shape index (κ3) is 5.53. The Kier molecular flexibility index (Phi) is 7.85. The van der Waals surface area contributed by atoms with E-state index in [0.29, 0.717) is 0 Å². The zero-order valence-electron chi connectivity index (χ0n) is 29.6. The molecule has 0 saturated heterocycles. The van der Waals surface area contributed by atoms with Crippen molar-refractivity contribution in [2.45, 2.75) is 0 Å². The van der Waals surface area contributed by atoms with Crippen LogP contribution in [0.4, 0.5) is 17.1 Å². The topological polar surface area (TPSA) is 16.4 Å². The second kappa shape index (κ2) is 13.4. The van der Waals surface area contributed by atoms with E-state index in [4.69, 9.17) is 4.42 Å². The van der Waals surface area contributed by atoms with Gasteiger partial charge in [0.05, 0.1) is 11.4 Å². The van der Waals surface area contributed by atoms with Crippen LogP contribution >= 0.6 is 0 Å². The number of rotatable bonds is 7. The zero-order valence-corrected chi connectivity index (χ0v) is 29.6. The van der Waals surface area contributed by atoms with Crippen LogP contribution in [0.15, 0.2) is 217 Å². The molecule has 0 spiro atoms. The van der Waals surface area contributed by atoms with Crippen molar-refractivity contribution in [3.8, 4) is 44.5 Å². The monoisotopic (exact) mass is 689 g/mol. The number of para-hydroxylation sites is 3. The van der Waals surface area contributed by atoms with Crippen LogP contribution in [0.25, 0.3) is 77.2 Å². The molecule has 0 aliphatic rings. The Morgan fingerprint density at radius 1 is 0.296 bits per heavy atom. The molecule has 1 aromatic heterocycles. The Bertz CT molecular complexity index is 2920. The van der Waals surface area contributed by atoms with Gasteiger partial charge in [-0.05, 0) is 80.6 Å². The van der Waals surface area contributed by atoms with Crippen molar-refractivity contribution in [3.63, 3.8) is 0 Å². The zero-order chi connectivity index (χ0) is 35.8. The maximum atomic E-state index is 6.37. The molecule has 0 aliphatic carbocycles. The van der Waals surface area contributed by atoms with E-state index in [1.165, 1.54) is 33.0 Å². The van der Waals surface area contributed by atoms with E-state index in [2.05, 4.69) is 205 Å². The highest BCUT2D eigenvalue weighted by atomic mass is 16.3. The minimum atomic E-state index is 0.883. The maximum Gasteiger partial charge on any atom is 0.136 e. The van der Waals surface area contributed by atoms with Crippen molar-refractivity contribution in [3.05, 3.63) is 212 Å². The van der Waals surface area contributed by atoms with Gasteiger partial charge in [0.2, 0.25) is 0 Å². The number of nitrogens with zero attached hydrogens (tertiary/aromatic N) is 1. The lowest BCUT2D eigenvalue weighted by Gasteiger charge is -2.30. The average Bonchev–Trinajstić information content (AvgIpc) is 3.64. The van der Waals surface area contributed by atoms with Crippen molar-refractivity contribution in [1.82, 2.24) is 0 Å². The Hall–Kier alpha value is -7.16. The first-order valence-corrected chi connectivity index (χ1v) is 18.4. The van der Waals surface area contributed by atoms with Gasteiger partial charge in [-0.3, -0.25) is 0 Å². The number of furan rings is 1. The van der Waals surface area contributed by atoms with Gasteiger partial charge in [0.25, 0.3) is 0 Å². The summed E-state index contributed by atoms with van der Waals surface area (Å²) in [5.74, 6) is 0. The van der Waals surface area contributed by atoms with Crippen LogP contribution < -0.4 is 4.90 Å². The average molecular weight is 690 g/mol. The van der Waals surface area contributed by atoms with Crippen LogP contribution in [0.3, 0.4) is 0 Å². The van der Waals surface area contributed by atoms with E-state index in [1.807, 2.05) is 12.1 Å². The number of fused-ring (bicyclic) bond motifs is 4. The molecule has 0 atom stereocenters. The molecular formula is C52H35NO. The molecule has 54 heavy (non-hydrogen) atoms. The number of benzene rings is 9. The SMILES string of the molecule is c1ccc(-c2ccc(-c3ccccc3N(c3ccc(-c4cccc5ccccc45)cc3)c3ccccc3-c3cccc4oc5ccccc5c34)cc2)cc1. The number of hydrogen-bond donors (Lipinski definition) is 0. The molecule has 0 unspecified atom stereocenters. The molecule has 10 rings (SSSR count). The minimum Gasteiger partial charge on any atom is -0.456 e. The second-order valence-corrected chi connectivity index (χ2v) is 13.7. The predicted molar refractivity (Wildman–Crippen MR) is 228 cm³/mol. The van der Waals surface area contributed by atoms with Gasteiger partial charge in [-0.2, -0.15) is 0 Å². The Morgan fingerprint density at radius 2 is 0.796 bits per heavy atom. The second-order valence-electron chi connectivity index (χ2n) is 13.7. The molecule has 1 heterocycles. The summed E-state index contributed by atoms with van der Waals surface area (Å²) in [7, 11) is 0. The van der Waals surface area contributed by atoms with Crippen LogP contribution in [0.1, 0.15) is 0 Å². The van der Waals surface area contributed by atoms with Gasteiger partial charge >= 0.3 is 0 Å². The molecule has 0 N–H and O–H groups in total. The standard InChI is InChI=1S/C52H35NO/c1-2-14-36(15-3-1)37-28-30-40(31-29-37)44-19-6-9-24-48(44)53(41-34-32-39(33-35-41)43-22-12-17-38-16-4-5-18-42(38)43)49-25-10-7-20-45(49)46-23-13-27-51-52(46)47-21-8-11-26-50(47)54-51/h1-35H. The predicted octanol–water partition coefficient (Wildman–Crippen LogP) is 14.9. The fourth-order valence-electron chi connectivity index (χ4n) is 7.96. The van der Waals surface area contributed by atoms with Gasteiger partial charge in [0.15, 0.2) is 0 Å². The van der Waals surface area contributed by atoms with Crippen LogP contribution in [0.5, 0.6) is 0 Å². The molecule has 9 aromatic carbocycles. The lowest BCUT2D eigenvalue weighted by atomic mass is 9.95. The summed E-state index contributed by atoms with van der Waals surface area (Å²) in [6, 6.07) is 75.9. The summed E-state index contributed by atoms with van der Waals surface area (Å²) < 4.78 is 6.37. The molecule has 10 aromatic rings. The normalized spacial score (nSPS) is 11.3. The highest BCUT2D eigenvalue weighted by Crippen LogP contribution is 2.47. The summed E-state index contributed by atoms with van der Waals surface area (Å²) in [6.07, 6.45) is 0. The molecule has 0 aliphatic heterocycles. The molecule has 254 valence electrons. The minimum absolute atomic E-state index is 0.883. The van der Waals surface area contributed by atoms with E-state index in [1.54, 1.807) is 0 Å². The first-order chi connectivity index (χ1) is 26.8. The van der Waals surface area contributed by atoms with Gasteiger partial charge in [-0.25, -0.2) is 0 Å². The van der Waals surface area contributed by atoms with E-state index < -0.39 is 0 Å². The maximum absolute atomic E-state index is 6.37. The summed E-state index contributed by atoms with van der Waals surface area (Å²) >= 11 is 0. The van der Waals surface area contributed by atoms with E-state index in [-0.39, 0.29) is 0 Å². The molecule has 0 bridgehead atoms. The Balaban J connectivity index is 1.17. The van der Waals surface area contributed by atoms with Crippen molar-refractivity contribution in [1.29, 1.82) is 0 Å². The number of hydrogen-bond acceptors (Lipinski definition) is 2. The molecule has 0 amide bonds. The lowest BCUT2D eigenvalue weighted by Crippen LogP contribution is -2.12. The highest BCUT2D eigenvalue weighted by molar-refractivity contribution is 6.14. The summed E-state index contributed by atoms with van der Waals surface area (Å²) in [6.45, 7) is 0. The van der Waals surface area contributed by atoms with Gasteiger partial charge in [0.1, 0.15) is 11.2 Å². The van der Waals surface area contributed by atoms with Crippen LogP contribution in [-0.2, 0) is 0 Å².